The Morgan fingerprint density at radius 2 is 2.00 bits per heavy atom. The lowest BCUT2D eigenvalue weighted by atomic mass is 10.1. The molecule has 1 saturated heterocycles. The number of pyridine rings is 1. The number of thioether (sulfide) groups is 1. The molecule has 2 aromatic rings. The number of ether oxygens (including phenoxy) is 2. The maximum absolute atomic E-state index is 11.7. The first-order chi connectivity index (χ1) is 13.5. The first kappa shape index (κ1) is 19.9. The summed E-state index contributed by atoms with van der Waals surface area (Å²) in [4.78, 5) is 38.9. The summed E-state index contributed by atoms with van der Waals surface area (Å²) in [6.07, 6.45) is 1.74. The summed E-state index contributed by atoms with van der Waals surface area (Å²) in [5.41, 5.74) is 1.53. The van der Waals surface area contributed by atoms with Gasteiger partial charge in [-0.15, -0.1) is 0 Å². The van der Waals surface area contributed by atoms with Gasteiger partial charge in [0.15, 0.2) is 6.10 Å². The highest BCUT2D eigenvalue weighted by molar-refractivity contribution is 8.26. The molecule has 0 aliphatic carbocycles. The van der Waals surface area contributed by atoms with Gasteiger partial charge in [-0.25, -0.2) is 0 Å². The average Bonchev–Trinajstić information content (AvgIpc) is 3.03. The van der Waals surface area contributed by atoms with Crippen molar-refractivity contribution in [1.29, 1.82) is 0 Å². The number of hydrogen-bond acceptors (Lipinski definition) is 7. The first-order valence-electron chi connectivity index (χ1n) is 8.89. The number of nitrogens with zero attached hydrogens (tertiary/aromatic N) is 1. The molecule has 2 atom stereocenters. The van der Waals surface area contributed by atoms with Crippen LogP contribution in [0.1, 0.15) is 30.7 Å². The maximum Gasteiger partial charge on any atom is 0.306 e. The Bertz CT molecular complexity index is 841. The van der Waals surface area contributed by atoms with Crippen LogP contribution in [0.25, 0.3) is 0 Å². The molecule has 1 aromatic heterocycles. The fraction of sp³-hybridized carbons (Fsp3) is 0.300. The molecule has 0 radical (unpaired) electrons. The highest BCUT2D eigenvalue weighted by Crippen LogP contribution is 2.22. The molecule has 1 fully saturated rings. The summed E-state index contributed by atoms with van der Waals surface area (Å²) in [7, 11) is 0. The minimum atomic E-state index is -0.600. The predicted octanol–water partition coefficient (Wildman–Crippen LogP) is 3.05. The standard InChI is InChI=1S/C20H20N2O5S/c1-2-18(23)27-17(15-5-3-4-10-21-15)12-26-14-8-6-13(7-9-14)11-16-19(24)28-20(25)22-16/h3-10,16-17H,2,11-12H2,1H3,(H,22,25). The number of aromatic nitrogens is 1. The molecule has 3 rings (SSSR count). The van der Waals surface area contributed by atoms with Gasteiger partial charge in [0.25, 0.3) is 5.24 Å². The van der Waals surface area contributed by atoms with E-state index in [-0.39, 0.29) is 29.4 Å². The monoisotopic (exact) mass is 400 g/mol. The second-order valence-corrected chi connectivity index (χ2v) is 7.13. The van der Waals surface area contributed by atoms with Crippen LogP contribution in [0.3, 0.4) is 0 Å². The topological polar surface area (TPSA) is 94.6 Å². The van der Waals surface area contributed by atoms with E-state index in [0.29, 0.717) is 29.6 Å². The van der Waals surface area contributed by atoms with E-state index in [0.717, 1.165) is 5.56 Å². The van der Waals surface area contributed by atoms with Crippen molar-refractivity contribution >= 4 is 28.1 Å². The molecule has 0 spiro atoms. The van der Waals surface area contributed by atoms with Crippen molar-refractivity contribution < 1.29 is 23.9 Å². The maximum atomic E-state index is 11.7. The Balaban J connectivity index is 1.59. The fourth-order valence-corrected chi connectivity index (χ4v) is 3.31. The molecule has 7 nitrogen and oxygen atoms in total. The lowest BCUT2D eigenvalue weighted by Gasteiger charge is -2.18. The zero-order valence-electron chi connectivity index (χ0n) is 15.3. The SMILES string of the molecule is CCC(=O)OC(COc1ccc(CC2NC(=O)SC2=O)cc1)c1ccccn1. The van der Waals surface area contributed by atoms with Crippen LogP contribution in [0, 0.1) is 0 Å². The Morgan fingerprint density at radius 1 is 1.21 bits per heavy atom. The van der Waals surface area contributed by atoms with Gasteiger partial charge in [-0.05, 0) is 29.8 Å². The van der Waals surface area contributed by atoms with Gasteiger partial charge in [0.2, 0.25) is 5.12 Å². The summed E-state index contributed by atoms with van der Waals surface area (Å²) in [5.74, 6) is 0.282. The minimum Gasteiger partial charge on any atom is -0.489 e. The van der Waals surface area contributed by atoms with Crippen molar-refractivity contribution in [2.24, 2.45) is 0 Å². The molecule has 146 valence electrons. The van der Waals surface area contributed by atoms with Gasteiger partial charge in [-0.1, -0.05) is 25.1 Å². The van der Waals surface area contributed by atoms with Crippen molar-refractivity contribution in [3.8, 4) is 5.75 Å². The van der Waals surface area contributed by atoms with Crippen LogP contribution in [0.4, 0.5) is 4.79 Å². The summed E-state index contributed by atoms with van der Waals surface area (Å²) >= 11 is 0.706. The number of carbonyl (C=O) groups is 3. The lowest BCUT2D eigenvalue weighted by Crippen LogP contribution is -2.30. The molecular formula is C20H20N2O5S. The third-order valence-corrected chi connectivity index (χ3v) is 4.90. The molecule has 2 heterocycles. The molecule has 1 aromatic carbocycles. The van der Waals surface area contributed by atoms with Gasteiger partial charge in [0.1, 0.15) is 18.4 Å². The first-order valence-corrected chi connectivity index (χ1v) is 9.71. The second-order valence-electron chi connectivity index (χ2n) is 6.15. The Kier molecular flexibility index (Phi) is 6.65. The van der Waals surface area contributed by atoms with E-state index < -0.39 is 12.1 Å². The lowest BCUT2D eigenvalue weighted by molar-refractivity contribution is -0.150. The van der Waals surface area contributed by atoms with Crippen molar-refractivity contribution in [2.45, 2.75) is 31.9 Å². The van der Waals surface area contributed by atoms with E-state index in [1.807, 2.05) is 18.2 Å². The van der Waals surface area contributed by atoms with Crippen LogP contribution in [0.5, 0.6) is 5.75 Å². The van der Waals surface area contributed by atoms with Crippen molar-refractivity contribution in [3.63, 3.8) is 0 Å². The van der Waals surface area contributed by atoms with E-state index in [4.69, 9.17) is 9.47 Å². The Morgan fingerprint density at radius 3 is 2.61 bits per heavy atom. The second kappa shape index (κ2) is 9.36. The van der Waals surface area contributed by atoms with E-state index >= 15 is 0 Å². The van der Waals surface area contributed by atoms with Crippen LogP contribution >= 0.6 is 11.8 Å². The van der Waals surface area contributed by atoms with Crippen molar-refractivity contribution in [1.82, 2.24) is 10.3 Å². The Labute approximate surface area is 166 Å². The number of carbonyl (C=O) groups excluding carboxylic acids is 3. The van der Waals surface area contributed by atoms with E-state index in [1.54, 1.807) is 37.4 Å². The zero-order valence-corrected chi connectivity index (χ0v) is 16.1. The smallest absolute Gasteiger partial charge is 0.306 e. The summed E-state index contributed by atoms with van der Waals surface area (Å²) in [6, 6.07) is 12.1. The molecule has 1 N–H and O–H groups in total. The van der Waals surface area contributed by atoms with E-state index in [2.05, 4.69) is 10.3 Å². The van der Waals surface area contributed by atoms with E-state index in [9.17, 15) is 14.4 Å². The van der Waals surface area contributed by atoms with E-state index in [1.165, 1.54) is 0 Å². The fourth-order valence-electron chi connectivity index (χ4n) is 2.65. The third-order valence-electron chi connectivity index (χ3n) is 4.11. The quantitative estimate of drug-likeness (QED) is 0.681. The van der Waals surface area contributed by atoms with Gasteiger partial charge in [-0.3, -0.25) is 19.4 Å². The number of benzene rings is 1. The summed E-state index contributed by atoms with van der Waals surface area (Å²) in [5, 5.41) is 2.16. The average molecular weight is 400 g/mol. The minimum absolute atomic E-state index is 0.135. The molecule has 2 unspecified atom stereocenters. The van der Waals surface area contributed by atoms with Gasteiger partial charge in [-0.2, -0.15) is 0 Å². The molecule has 0 saturated carbocycles. The van der Waals surface area contributed by atoms with Crippen molar-refractivity contribution in [3.05, 3.63) is 59.9 Å². The van der Waals surface area contributed by atoms with Gasteiger partial charge >= 0.3 is 5.97 Å². The van der Waals surface area contributed by atoms with Crippen LogP contribution < -0.4 is 10.1 Å². The summed E-state index contributed by atoms with van der Waals surface area (Å²) in [6.45, 7) is 1.86. The number of esters is 1. The van der Waals surface area contributed by atoms with Crippen LogP contribution in [-0.2, 0) is 20.7 Å². The highest BCUT2D eigenvalue weighted by Gasteiger charge is 2.31. The zero-order chi connectivity index (χ0) is 19.9. The molecule has 1 aliphatic heterocycles. The highest BCUT2D eigenvalue weighted by atomic mass is 32.2. The van der Waals surface area contributed by atoms with Gasteiger partial charge in [0, 0.05) is 30.8 Å². The number of amides is 1. The molecule has 1 amide bonds. The van der Waals surface area contributed by atoms with Crippen LogP contribution in [0.15, 0.2) is 48.7 Å². The molecule has 28 heavy (non-hydrogen) atoms. The van der Waals surface area contributed by atoms with Crippen LogP contribution in [-0.4, -0.2) is 34.0 Å². The number of hydrogen-bond donors (Lipinski definition) is 1. The number of nitrogens with one attached hydrogen (secondary N) is 1. The molecule has 8 heteroatoms. The summed E-state index contributed by atoms with van der Waals surface area (Å²) < 4.78 is 11.2. The van der Waals surface area contributed by atoms with Gasteiger partial charge < -0.3 is 14.8 Å². The Hall–Kier alpha value is -2.87. The van der Waals surface area contributed by atoms with Crippen molar-refractivity contribution in [2.75, 3.05) is 6.61 Å². The molecule has 0 bridgehead atoms. The van der Waals surface area contributed by atoms with Crippen LogP contribution in [0.2, 0.25) is 0 Å². The molecular weight excluding hydrogens is 380 g/mol. The molecule has 1 aliphatic rings. The normalized spacial score (nSPS) is 17.1. The number of rotatable bonds is 8. The third kappa shape index (κ3) is 5.32. The predicted molar refractivity (Wildman–Crippen MR) is 104 cm³/mol. The largest absolute Gasteiger partial charge is 0.489 e. The van der Waals surface area contributed by atoms with Gasteiger partial charge in [0.05, 0.1) is 5.69 Å².